The number of nitrogens with zero attached hydrogens (tertiary/aromatic N) is 1. The molecule has 1 N–H and O–H groups in total. The topological polar surface area (TPSA) is 158 Å². The van der Waals surface area contributed by atoms with Crippen LogP contribution in [0.15, 0.2) is 41.3 Å². The van der Waals surface area contributed by atoms with Crippen molar-refractivity contribution in [2.45, 2.75) is 88.0 Å². The van der Waals surface area contributed by atoms with E-state index < -0.39 is 60.7 Å². The minimum absolute atomic E-state index is 0.117. The molecule has 1 heterocycles. The fourth-order valence-corrected chi connectivity index (χ4v) is 6.03. The van der Waals surface area contributed by atoms with E-state index in [9.17, 15) is 29.5 Å². The molecule has 0 unspecified atom stereocenters. The van der Waals surface area contributed by atoms with Crippen LogP contribution in [0.5, 0.6) is 0 Å². The van der Waals surface area contributed by atoms with Gasteiger partial charge in [-0.25, -0.2) is 0 Å². The van der Waals surface area contributed by atoms with E-state index in [0.29, 0.717) is 28.4 Å². The van der Waals surface area contributed by atoms with Gasteiger partial charge in [-0.3, -0.25) is 19.2 Å². The number of nitriles is 1. The summed E-state index contributed by atoms with van der Waals surface area (Å²) in [6, 6.07) is 13.6. The summed E-state index contributed by atoms with van der Waals surface area (Å²) in [5, 5.41) is 22.4. The van der Waals surface area contributed by atoms with Crippen LogP contribution >= 0.6 is 11.8 Å². The smallest absolute Gasteiger partial charge is 0.303 e. The van der Waals surface area contributed by atoms with Gasteiger partial charge < -0.3 is 28.8 Å². The first-order chi connectivity index (χ1) is 20.9. The molecule has 2 aliphatic rings. The highest BCUT2D eigenvalue weighted by Crippen LogP contribution is 2.45. The molecule has 0 aromatic heterocycles. The SMILES string of the molecule is CSc1cc(C#N)c(Cc2ccc(C3CC3)cc2)cc1[C@@]1(O)O[C@H](COC(C)=O)[C@@H](OC(C)=O)[C@H](OC(C)=O)[C@H]1OC(C)=O. The number of aliphatic hydroxyl groups is 1. The van der Waals surface area contributed by atoms with Gasteiger partial charge in [0.2, 0.25) is 11.9 Å². The molecule has 0 radical (unpaired) electrons. The van der Waals surface area contributed by atoms with Gasteiger partial charge in [-0.2, -0.15) is 5.26 Å². The minimum atomic E-state index is -2.51. The molecule has 1 saturated heterocycles. The first-order valence-corrected chi connectivity index (χ1v) is 15.3. The third-order valence-electron chi connectivity index (χ3n) is 7.41. The molecular formula is C32H35NO10S. The van der Waals surface area contributed by atoms with Gasteiger partial charge in [-0.05, 0) is 60.3 Å². The van der Waals surface area contributed by atoms with E-state index in [1.165, 1.54) is 30.2 Å². The number of rotatable bonds is 10. The van der Waals surface area contributed by atoms with Gasteiger partial charge in [-0.15, -0.1) is 11.8 Å². The van der Waals surface area contributed by atoms with E-state index in [-0.39, 0.29) is 5.56 Å². The highest BCUT2D eigenvalue weighted by molar-refractivity contribution is 7.98. The van der Waals surface area contributed by atoms with Crippen LogP contribution in [-0.2, 0) is 55.1 Å². The van der Waals surface area contributed by atoms with E-state index in [2.05, 4.69) is 18.2 Å². The van der Waals surface area contributed by atoms with E-state index in [4.69, 9.17) is 23.7 Å². The molecule has 12 heteroatoms. The lowest BCUT2D eigenvalue weighted by Crippen LogP contribution is -2.66. The van der Waals surface area contributed by atoms with Gasteiger partial charge >= 0.3 is 23.9 Å². The van der Waals surface area contributed by atoms with E-state index in [1.54, 1.807) is 18.4 Å². The number of esters is 4. The number of hydrogen-bond donors (Lipinski definition) is 1. The number of carbonyl (C=O) groups excluding carboxylic acids is 4. The van der Waals surface area contributed by atoms with Crippen LogP contribution in [0.4, 0.5) is 0 Å². The molecule has 1 saturated carbocycles. The fourth-order valence-electron chi connectivity index (χ4n) is 5.37. The molecule has 0 spiro atoms. The molecule has 1 aliphatic carbocycles. The first kappa shape index (κ1) is 33.0. The fraction of sp³-hybridized carbons (Fsp3) is 0.469. The van der Waals surface area contributed by atoms with Gasteiger partial charge in [0.1, 0.15) is 12.7 Å². The Kier molecular flexibility index (Phi) is 10.3. The second-order valence-corrected chi connectivity index (χ2v) is 11.7. The molecule has 234 valence electrons. The predicted octanol–water partition coefficient (Wildman–Crippen LogP) is 3.65. The second kappa shape index (κ2) is 13.8. The van der Waals surface area contributed by atoms with Gasteiger partial charge in [0, 0.05) is 38.2 Å². The monoisotopic (exact) mass is 625 g/mol. The standard InChI is InChI=1S/C32H35NO10S/c1-17(34)39-16-27-29(40-18(2)35)30(41-19(3)36)31(42-20(4)37)32(38,43-27)26-13-24(25(15-33)14-28(26)44-5)12-21-6-8-22(9-7-21)23-10-11-23/h6-9,13-14,23,27,29-31,38H,10-12,16H2,1-5H3/t27-,29-,30+,31-,32-/m1/s1. The van der Waals surface area contributed by atoms with Crippen LogP contribution in [0.3, 0.4) is 0 Å². The number of carbonyl (C=O) groups is 4. The Morgan fingerprint density at radius 2 is 1.57 bits per heavy atom. The first-order valence-electron chi connectivity index (χ1n) is 14.1. The van der Waals surface area contributed by atoms with Gasteiger partial charge in [0.05, 0.1) is 11.6 Å². The van der Waals surface area contributed by atoms with Crippen molar-refractivity contribution in [3.8, 4) is 6.07 Å². The van der Waals surface area contributed by atoms with Crippen LogP contribution < -0.4 is 0 Å². The van der Waals surface area contributed by atoms with Crippen molar-refractivity contribution in [1.82, 2.24) is 0 Å². The Labute approximate surface area is 259 Å². The average molecular weight is 626 g/mol. The Hall–Kier alpha value is -3.92. The maximum Gasteiger partial charge on any atom is 0.303 e. The summed E-state index contributed by atoms with van der Waals surface area (Å²) in [6.07, 6.45) is -1.67. The van der Waals surface area contributed by atoms with E-state index in [1.807, 2.05) is 12.1 Å². The zero-order valence-corrected chi connectivity index (χ0v) is 26.0. The molecule has 5 atom stereocenters. The third-order valence-corrected chi connectivity index (χ3v) is 8.19. The zero-order chi connectivity index (χ0) is 32.2. The number of ether oxygens (including phenoxy) is 5. The van der Waals surface area contributed by atoms with Crippen molar-refractivity contribution in [2.24, 2.45) is 0 Å². The van der Waals surface area contributed by atoms with Crippen molar-refractivity contribution in [1.29, 1.82) is 5.26 Å². The molecule has 0 amide bonds. The van der Waals surface area contributed by atoms with E-state index >= 15 is 0 Å². The Balaban J connectivity index is 1.86. The highest BCUT2D eigenvalue weighted by atomic mass is 32.2. The quantitative estimate of drug-likeness (QED) is 0.232. The molecule has 2 fully saturated rings. The molecule has 0 bridgehead atoms. The largest absolute Gasteiger partial charge is 0.463 e. The van der Waals surface area contributed by atoms with Gasteiger partial charge in [-0.1, -0.05) is 24.3 Å². The summed E-state index contributed by atoms with van der Waals surface area (Å²) < 4.78 is 27.8. The van der Waals surface area contributed by atoms with E-state index in [0.717, 1.165) is 33.3 Å². The van der Waals surface area contributed by atoms with Crippen molar-refractivity contribution in [3.63, 3.8) is 0 Å². The van der Waals surface area contributed by atoms with Crippen LogP contribution in [0.2, 0.25) is 0 Å². The number of hydrogen-bond acceptors (Lipinski definition) is 12. The van der Waals surface area contributed by atoms with Crippen molar-refractivity contribution < 1.29 is 48.0 Å². The summed E-state index contributed by atoms with van der Waals surface area (Å²) in [5.41, 5.74) is 3.23. The lowest BCUT2D eigenvalue weighted by atomic mass is 9.85. The molecule has 4 rings (SSSR count). The number of thioether (sulfide) groups is 1. The maximum atomic E-state index is 12.4. The van der Waals surface area contributed by atoms with Crippen molar-refractivity contribution >= 4 is 35.6 Å². The second-order valence-electron chi connectivity index (χ2n) is 10.8. The van der Waals surface area contributed by atoms with Crippen molar-refractivity contribution in [2.75, 3.05) is 12.9 Å². The Morgan fingerprint density at radius 3 is 2.09 bits per heavy atom. The van der Waals surface area contributed by atoms with Gasteiger partial charge in [0.15, 0.2) is 12.2 Å². The highest BCUT2D eigenvalue weighted by Gasteiger charge is 2.61. The molecule has 44 heavy (non-hydrogen) atoms. The summed E-state index contributed by atoms with van der Waals surface area (Å²) in [7, 11) is 0. The summed E-state index contributed by atoms with van der Waals surface area (Å²) in [5.74, 6) is -5.05. The number of benzene rings is 2. The molecular weight excluding hydrogens is 590 g/mol. The summed E-state index contributed by atoms with van der Waals surface area (Å²) >= 11 is 1.20. The maximum absolute atomic E-state index is 12.4. The van der Waals surface area contributed by atoms with Crippen LogP contribution in [0.25, 0.3) is 0 Å². The van der Waals surface area contributed by atoms with Crippen LogP contribution in [-0.4, -0.2) is 66.3 Å². The lowest BCUT2D eigenvalue weighted by Gasteiger charge is -2.49. The lowest BCUT2D eigenvalue weighted by molar-refractivity contribution is -0.360. The Morgan fingerprint density at radius 1 is 0.955 bits per heavy atom. The van der Waals surface area contributed by atoms with Crippen molar-refractivity contribution in [3.05, 3.63) is 64.2 Å². The van der Waals surface area contributed by atoms with Crippen LogP contribution in [0, 0.1) is 11.3 Å². The van der Waals surface area contributed by atoms with Crippen LogP contribution in [0.1, 0.15) is 74.3 Å². The predicted molar refractivity (Wildman–Crippen MR) is 156 cm³/mol. The summed E-state index contributed by atoms with van der Waals surface area (Å²) in [4.78, 5) is 48.9. The molecule has 2 aromatic carbocycles. The molecule has 11 nitrogen and oxygen atoms in total. The summed E-state index contributed by atoms with van der Waals surface area (Å²) in [6.45, 7) is 3.99. The third kappa shape index (κ3) is 7.59. The van der Waals surface area contributed by atoms with Gasteiger partial charge in [0.25, 0.3) is 0 Å². The minimum Gasteiger partial charge on any atom is -0.463 e. The normalized spacial score (nSPS) is 24.5. The average Bonchev–Trinajstić information content (AvgIpc) is 3.81. The Bertz CT molecular complexity index is 1460. The zero-order valence-electron chi connectivity index (χ0n) is 25.2. The molecule has 2 aromatic rings. The molecule has 1 aliphatic heterocycles.